The zero-order valence-corrected chi connectivity index (χ0v) is 9.82. The SMILES string of the molecule is CC(O)(c1cccnc1N)C1CCCCC1. The second-order valence-electron chi connectivity index (χ2n) is 4.92. The molecule has 0 bridgehead atoms. The number of anilines is 1. The van der Waals surface area contributed by atoms with Crippen LogP contribution in [0.2, 0.25) is 0 Å². The summed E-state index contributed by atoms with van der Waals surface area (Å²) in [7, 11) is 0. The summed E-state index contributed by atoms with van der Waals surface area (Å²) in [5.41, 5.74) is 5.79. The highest BCUT2D eigenvalue weighted by Crippen LogP contribution is 2.40. The first-order valence-electron chi connectivity index (χ1n) is 6.05. The third kappa shape index (κ3) is 2.05. The Kier molecular flexibility index (Phi) is 3.15. The molecule has 88 valence electrons. The van der Waals surface area contributed by atoms with Crippen molar-refractivity contribution in [2.75, 3.05) is 5.73 Å². The molecule has 1 aromatic rings. The first-order chi connectivity index (χ1) is 7.62. The summed E-state index contributed by atoms with van der Waals surface area (Å²) < 4.78 is 0. The fourth-order valence-corrected chi connectivity index (χ4v) is 2.73. The number of nitrogens with zero attached hydrogens (tertiary/aromatic N) is 1. The van der Waals surface area contributed by atoms with E-state index in [1.165, 1.54) is 19.3 Å². The lowest BCUT2D eigenvalue weighted by atomic mass is 9.74. The standard InChI is InChI=1S/C13H20N2O/c1-13(16,10-6-3-2-4-7-10)11-8-5-9-15-12(11)14/h5,8-10,16H,2-4,6-7H2,1H3,(H2,14,15). The number of nitrogens with two attached hydrogens (primary N) is 1. The van der Waals surface area contributed by atoms with Crippen LogP contribution in [0.3, 0.4) is 0 Å². The van der Waals surface area contributed by atoms with Crippen molar-refractivity contribution in [3.63, 3.8) is 0 Å². The fraction of sp³-hybridized carbons (Fsp3) is 0.615. The van der Waals surface area contributed by atoms with Gasteiger partial charge in [0.1, 0.15) is 5.82 Å². The van der Waals surface area contributed by atoms with Gasteiger partial charge in [0.05, 0.1) is 5.60 Å². The number of hydrogen-bond donors (Lipinski definition) is 2. The van der Waals surface area contributed by atoms with Crippen molar-refractivity contribution in [1.29, 1.82) is 0 Å². The Morgan fingerprint density at radius 1 is 1.38 bits per heavy atom. The Morgan fingerprint density at radius 3 is 2.69 bits per heavy atom. The van der Waals surface area contributed by atoms with Crippen LogP contribution in [-0.2, 0) is 5.60 Å². The zero-order valence-electron chi connectivity index (χ0n) is 9.82. The van der Waals surface area contributed by atoms with Gasteiger partial charge in [0, 0.05) is 11.8 Å². The van der Waals surface area contributed by atoms with E-state index >= 15 is 0 Å². The molecule has 1 aliphatic carbocycles. The maximum atomic E-state index is 10.7. The van der Waals surface area contributed by atoms with Crippen molar-refractivity contribution >= 4 is 5.82 Å². The molecule has 0 aliphatic heterocycles. The van der Waals surface area contributed by atoms with E-state index in [1.54, 1.807) is 6.20 Å². The van der Waals surface area contributed by atoms with Gasteiger partial charge < -0.3 is 10.8 Å². The predicted octanol–water partition coefficient (Wildman–Crippen LogP) is 2.45. The van der Waals surface area contributed by atoms with Crippen LogP contribution in [0.4, 0.5) is 5.82 Å². The van der Waals surface area contributed by atoms with Gasteiger partial charge in [0.15, 0.2) is 0 Å². The van der Waals surface area contributed by atoms with E-state index in [0.29, 0.717) is 11.7 Å². The Bertz CT molecular complexity index is 357. The number of pyridine rings is 1. The zero-order chi connectivity index (χ0) is 11.6. The van der Waals surface area contributed by atoms with Gasteiger partial charge in [-0.3, -0.25) is 0 Å². The minimum Gasteiger partial charge on any atom is -0.385 e. The average molecular weight is 220 g/mol. The monoisotopic (exact) mass is 220 g/mol. The summed E-state index contributed by atoms with van der Waals surface area (Å²) in [5.74, 6) is 0.769. The van der Waals surface area contributed by atoms with E-state index in [0.717, 1.165) is 18.4 Å². The molecule has 1 aromatic heterocycles. The van der Waals surface area contributed by atoms with Gasteiger partial charge in [-0.1, -0.05) is 25.3 Å². The minimum atomic E-state index is -0.835. The summed E-state index contributed by atoms with van der Waals surface area (Å²) in [6.45, 7) is 1.87. The second kappa shape index (κ2) is 4.42. The lowest BCUT2D eigenvalue weighted by molar-refractivity contribution is -0.0210. The first kappa shape index (κ1) is 11.4. The number of aliphatic hydroxyl groups is 1. The summed E-state index contributed by atoms with van der Waals surface area (Å²) in [6.07, 6.45) is 7.54. The van der Waals surface area contributed by atoms with Crippen LogP contribution in [0.5, 0.6) is 0 Å². The maximum absolute atomic E-state index is 10.7. The number of nitrogen functional groups attached to an aromatic ring is 1. The Morgan fingerprint density at radius 2 is 2.06 bits per heavy atom. The van der Waals surface area contributed by atoms with Crippen LogP contribution in [-0.4, -0.2) is 10.1 Å². The summed E-state index contributed by atoms with van der Waals surface area (Å²) >= 11 is 0. The van der Waals surface area contributed by atoms with E-state index in [-0.39, 0.29) is 0 Å². The van der Waals surface area contributed by atoms with Gasteiger partial charge in [-0.25, -0.2) is 4.98 Å². The number of hydrogen-bond acceptors (Lipinski definition) is 3. The van der Waals surface area contributed by atoms with Crippen LogP contribution < -0.4 is 5.73 Å². The minimum absolute atomic E-state index is 0.313. The van der Waals surface area contributed by atoms with Crippen molar-refractivity contribution < 1.29 is 5.11 Å². The molecule has 0 saturated heterocycles. The van der Waals surface area contributed by atoms with Crippen molar-refractivity contribution in [3.05, 3.63) is 23.9 Å². The Labute approximate surface area is 96.7 Å². The van der Waals surface area contributed by atoms with Gasteiger partial charge >= 0.3 is 0 Å². The van der Waals surface area contributed by atoms with Gasteiger partial charge in [-0.05, 0) is 31.7 Å². The molecule has 0 aromatic carbocycles. The normalized spacial score (nSPS) is 21.6. The molecule has 3 nitrogen and oxygen atoms in total. The second-order valence-corrected chi connectivity index (χ2v) is 4.92. The smallest absolute Gasteiger partial charge is 0.129 e. The van der Waals surface area contributed by atoms with Gasteiger partial charge in [0.25, 0.3) is 0 Å². The fourth-order valence-electron chi connectivity index (χ4n) is 2.73. The molecule has 1 atom stereocenters. The first-order valence-corrected chi connectivity index (χ1v) is 6.05. The third-order valence-corrected chi connectivity index (χ3v) is 3.78. The molecule has 1 fully saturated rings. The molecule has 2 rings (SSSR count). The average Bonchev–Trinajstić information content (AvgIpc) is 2.30. The molecular weight excluding hydrogens is 200 g/mol. The van der Waals surface area contributed by atoms with Crippen molar-refractivity contribution in [2.24, 2.45) is 5.92 Å². The molecule has 1 unspecified atom stereocenters. The van der Waals surface area contributed by atoms with Crippen LogP contribution >= 0.6 is 0 Å². The summed E-state index contributed by atoms with van der Waals surface area (Å²) in [4.78, 5) is 4.06. The Balaban J connectivity index is 2.26. The van der Waals surface area contributed by atoms with Crippen LogP contribution in [0.25, 0.3) is 0 Å². The lowest BCUT2D eigenvalue weighted by Gasteiger charge is -2.36. The van der Waals surface area contributed by atoms with Gasteiger partial charge in [-0.2, -0.15) is 0 Å². The predicted molar refractivity (Wildman–Crippen MR) is 64.8 cm³/mol. The van der Waals surface area contributed by atoms with Crippen molar-refractivity contribution in [3.8, 4) is 0 Å². The molecule has 1 saturated carbocycles. The van der Waals surface area contributed by atoms with E-state index in [9.17, 15) is 5.11 Å². The molecule has 3 heteroatoms. The van der Waals surface area contributed by atoms with E-state index in [1.807, 2.05) is 19.1 Å². The van der Waals surface area contributed by atoms with Crippen LogP contribution in [0, 0.1) is 5.92 Å². The van der Waals surface area contributed by atoms with E-state index < -0.39 is 5.60 Å². The van der Waals surface area contributed by atoms with Crippen LogP contribution in [0.15, 0.2) is 18.3 Å². The van der Waals surface area contributed by atoms with Crippen LogP contribution in [0.1, 0.15) is 44.6 Å². The van der Waals surface area contributed by atoms with Gasteiger partial charge in [-0.15, -0.1) is 0 Å². The molecule has 0 spiro atoms. The molecule has 1 heterocycles. The third-order valence-electron chi connectivity index (χ3n) is 3.78. The highest BCUT2D eigenvalue weighted by atomic mass is 16.3. The van der Waals surface area contributed by atoms with E-state index in [2.05, 4.69) is 4.98 Å². The summed E-state index contributed by atoms with van der Waals surface area (Å²) in [5, 5.41) is 10.7. The number of aromatic nitrogens is 1. The summed E-state index contributed by atoms with van der Waals surface area (Å²) in [6, 6.07) is 3.72. The molecule has 16 heavy (non-hydrogen) atoms. The quantitative estimate of drug-likeness (QED) is 0.804. The molecule has 0 amide bonds. The van der Waals surface area contributed by atoms with Crippen molar-refractivity contribution in [2.45, 2.75) is 44.6 Å². The maximum Gasteiger partial charge on any atom is 0.129 e. The largest absolute Gasteiger partial charge is 0.385 e. The Hall–Kier alpha value is -1.09. The lowest BCUT2D eigenvalue weighted by Crippen LogP contribution is -2.34. The van der Waals surface area contributed by atoms with Gasteiger partial charge in [0.2, 0.25) is 0 Å². The van der Waals surface area contributed by atoms with Crippen molar-refractivity contribution in [1.82, 2.24) is 4.98 Å². The highest BCUT2D eigenvalue weighted by molar-refractivity contribution is 5.42. The molecule has 1 aliphatic rings. The van der Waals surface area contributed by atoms with E-state index in [4.69, 9.17) is 5.73 Å². The molecular formula is C13H20N2O. The topological polar surface area (TPSA) is 59.1 Å². The molecule has 0 radical (unpaired) electrons. The highest BCUT2D eigenvalue weighted by Gasteiger charge is 2.35. The number of rotatable bonds is 2. The molecule has 3 N–H and O–H groups in total.